The van der Waals surface area contributed by atoms with Crippen LogP contribution in [-0.4, -0.2) is 36.1 Å². The lowest BCUT2D eigenvalue weighted by Crippen LogP contribution is -2.37. The van der Waals surface area contributed by atoms with E-state index in [1.165, 1.54) is 6.07 Å². The van der Waals surface area contributed by atoms with Crippen LogP contribution in [0, 0.1) is 5.82 Å². The van der Waals surface area contributed by atoms with Gasteiger partial charge in [0.25, 0.3) is 5.91 Å². The van der Waals surface area contributed by atoms with E-state index >= 15 is 0 Å². The van der Waals surface area contributed by atoms with Crippen LogP contribution >= 0.6 is 11.6 Å². The molecular formula is C19H21ClFN3O2. The molecule has 7 heteroatoms. The smallest absolute Gasteiger partial charge is 0.255 e. The van der Waals surface area contributed by atoms with Crippen LogP contribution in [0.25, 0.3) is 0 Å². The second-order valence-corrected chi connectivity index (χ2v) is 6.96. The Bertz CT molecular complexity index is 800. The molecule has 26 heavy (non-hydrogen) atoms. The van der Waals surface area contributed by atoms with Crippen LogP contribution in [0.5, 0.6) is 5.75 Å². The maximum Gasteiger partial charge on any atom is 0.255 e. The lowest BCUT2D eigenvalue weighted by Gasteiger charge is -2.19. The van der Waals surface area contributed by atoms with Gasteiger partial charge in [-0.2, -0.15) is 0 Å². The van der Waals surface area contributed by atoms with Crippen molar-refractivity contribution in [3.63, 3.8) is 0 Å². The molecule has 1 aliphatic heterocycles. The summed E-state index contributed by atoms with van der Waals surface area (Å²) in [5, 5.41) is 3.45. The summed E-state index contributed by atoms with van der Waals surface area (Å²) in [6.45, 7) is 4.92. The van der Waals surface area contributed by atoms with E-state index in [9.17, 15) is 9.18 Å². The van der Waals surface area contributed by atoms with Crippen molar-refractivity contribution in [1.29, 1.82) is 0 Å². The molecule has 1 aromatic carbocycles. The number of nitrogens with zero attached hydrogens (tertiary/aromatic N) is 2. The molecule has 0 bridgehead atoms. The molecule has 0 aliphatic carbocycles. The minimum Gasteiger partial charge on any atom is -0.490 e. The Labute approximate surface area is 157 Å². The summed E-state index contributed by atoms with van der Waals surface area (Å²) in [5.74, 6) is 0.196. The maximum atomic E-state index is 13.9. The lowest BCUT2D eigenvalue weighted by atomic mass is 10.1. The summed E-state index contributed by atoms with van der Waals surface area (Å²) in [5.41, 5.74) is 0.397. The first-order valence-corrected chi connectivity index (χ1v) is 8.94. The van der Waals surface area contributed by atoms with Gasteiger partial charge in [0.05, 0.1) is 11.7 Å². The highest BCUT2D eigenvalue weighted by Gasteiger charge is 2.27. The van der Waals surface area contributed by atoms with Crippen molar-refractivity contribution in [3.8, 4) is 5.75 Å². The first-order chi connectivity index (χ1) is 12.4. The number of carbonyl (C=O) groups excluding carboxylic acids is 1. The maximum absolute atomic E-state index is 13.9. The third kappa shape index (κ3) is 4.25. The van der Waals surface area contributed by atoms with Crippen LogP contribution in [0.4, 0.5) is 10.2 Å². The summed E-state index contributed by atoms with van der Waals surface area (Å²) >= 11 is 6.04. The van der Waals surface area contributed by atoms with Crippen LogP contribution in [0.1, 0.15) is 30.6 Å². The fourth-order valence-electron chi connectivity index (χ4n) is 2.98. The van der Waals surface area contributed by atoms with Gasteiger partial charge in [-0.1, -0.05) is 11.6 Å². The van der Waals surface area contributed by atoms with E-state index in [4.69, 9.17) is 16.3 Å². The molecule has 3 rings (SSSR count). The molecule has 1 unspecified atom stereocenters. The van der Waals surface area contributed by atoms with Crippen molar-refractivity contribution in [1.82, 2.24) is 10.3 Å². The molecule has 2 heterocycles. The Balaban J connectivity index is 1.70. The third-order valence-corrected chi connectivity index (χ3v) is 4.35. The first-order valence-electron chi connectivity index (χ1n) is 8.56. The molecule has 1 aliphatic rings. The van der Waals surface area contributed by atoms with E-state index in [2.05, 4.69) is 10.3 Å². The molecule has 1 fully saturated rings. The highest BCUT2D eigenvalue weighted by Crippen LogP contribution is 2.25. The molecule has 0 radical (unpaired) electrons. The lowest BCUT2D eigenvalue weighted by molar-refractivity contribution is 0.0934. The van der Waals surface area contributed by atoms with E-state index in [0.29, 0.717) is 41.7 Å². The number of ether oxygens (including phenoxy) is 1. The van der Waals surface area contributed by atoms with E-state index in [1.807, 2.05) is 18.7 Å². The number of nitrogens with one attached hydrogen (secondary N) is 1. The Morgan fingerprint density at radius 3 is 2.96 bits per heavy atom. The van der Waals surface area contributed by atoms with Gasteiger partial charge in [-0.15, -0.1) is 0 Å². The normalized spacial score (nSPS) is 16.8. The molecule has 1 N–H and O–H groups in total. The molecular weight excluding hydrogens is 357 g/mol. The summed E-state index contributed by atoms with van der Waals surface area (Å²) in [4.78, 5) is 18.6. The van der Waals surface area contributed by atoms with Gasteiger partial charge in [0, 0.05) is 30.4 Å². The van der Waals surface area contributed by atoms with Gasteiger partial charge in [-0.05, 0) is 50.6 Å². The quantitative estimate of drug-likeness (QED) is 0.863. The Morgan fingerprint density at radius 2 is 2.23 bits per heavy atom. The number of pyridine rings is 1. The van der Waals surface area contributed by atoms with Gasteiger partial charge in [0.2, 0.25) is 0 Å². The fraction of sp³-hybridized carbons (Fsp3) is 0.368. The Hall–Kier alpha value is -2.34. The van der Waals surface area contributed by atoms with Crippen LogP contribution in [-0.2, 0) is 0 Å². The van der Waals surface area contributed by atoms with E-state index < -0.39 is 0 Å². The second-order valence-electron chi connectivity index (χ2n) is 6.52. The number of rotatable bonds is 5. The molecule has 0 saturated carbocycles. The second kappa shape index (κ2) is 7.91. The van der Waals surface area contributed by atoms with Crippen LogP contribution < -0.4 is 15.0 Å². The van der Waals surface area contributed by atoms with E-state index in [0.717, 1.165) is 0 Å². The predicted octanol–water partition coefficient (Wildman–Crippen LogP) is 3.67. The van der Waals surface area contributed by atoms with Gasteiger partial charge >= 0.3 is 0 Å². The van der Waals surface area contributed by atoms with E-state index in [-0.39, 0.29) is 23.9 Å². The molecule has 1 amide bonds. The Morgan fingerprint density at radius 1 is 1.42 bits per heavy atom. The van der Waals surface area contributed by atoms with E-state index in [1.54, 1.807) is 30.5 Å². The first kappa shape index (κ1) is 18.5. The van der Waals surface area contributed by atoms with Crippen LogP contribution in [0.15, 0.2) is 36.5 Å². The van der Waals surface area contributed by atoms with Gasteiger partial charge in [-0.25, -0.2) is 9.37 Å². The van der Waals surface area contributed by atoms with Crippen molar-refractivity contribution < 1.29 is 13.9 Å². The highest BCUT2D eigenvalue weighted by atomic mass is 35.5. The standard InChI is InChI=1S/C19H21ClFN3O2/c1-12(2)26-17-6-5-13(20)10-15(17)19(25)23-14-7-9-24(11-14)18-16(21)4-3-8-22-18/h3-6,8,10,12,14H,7,9,11H2,1-2H3,(H,23,25). The number of aromatic nitrogens is 1. The average Bonchev–Trinajstić information content (AvgIpc) is 3.04. The number of halogens is 2. The molecule has 138 valence electrons. The summed E-state index contributed by atoms with van der Waals surface area (Å²) in [7, 11) is 0. The number of hydrogen-bond acceptors (Lipinski definition) is 4. The number of anilines is 1. The molecule has 2 aromatic rings. The predicted molar refractivity (Wildman–Crippen MR) is 99.5 cm³/mol. The monoisotopic (exact) mass is 377 g/mol. The van der Waals surface area contributed by atoms with Crippen molar-refractivity contribution in [2.24, 2.45) is 0 Å². The SMILES string of the molecule is CC(C)Oc1ccc(Cl)cc1C(=O)NC1CCN(c2ncccc2F)C1. The number of hydrogen-bond donors (Lipinski definition) is 1. The number of amides is 1. The number of benzene rings is 1. The number of carbonyl (C=O) groups is 1. The van der Waals surface area contributed by atoms with Crippen molar-refractivity contribution >= 4 is 23.3 Å². The third-order valence-electron chi connectivity index (χ3n) is 4.11. The zero-order chi connectivity index (χ0) is 18.7. The van der Waals surface area contributed by atoms with Gasteiger partial charge in [0.15, 0.2) is 11.6 Å². The molecule has 0 spiro atoms. The van der Waals surface area contributed by atoms with Crippen molar-refractivity contribution in [2.45, 2.75) is 32.4 Å². The summed E-state index contributed by atoms with van der Waals surface area (Å²) in [6.07, 6.45) is 2.21. The molecule has 1 saturated heterocycles. The molecule has 5 nitrogen and oxygen atoms in total. The minimum atomic E-state index is -0.359. The van der Waals surface area contributed by atoms with Crippen molar-refractivity contribution in [2.75, 3.05) is 18.0 Å². The average molecular weight is 378 g/mol. The summed E-state index contributed by atoms with van der Waals surface area (Å²) in [6, 6.07) is 7.83. The van der Waals surface area contributed by atoms with Gasteiger partial charge in [0.1, 0.15) is 5.75 Å². The molecule has 1 aromatic heterocycles. The van der Waals surface area contributed by atoms with Crippen molar-refractivity contribution in [3.05, 3.63) is 52.9 Å². The van der Waals surface area contributed by atoms with Gasteiger partial charge < -0.3 is 15.0 Å². The molecule has 1 atom stereocenters. The minimum absolute atomic E-state index is 0.0585. The topological polar surface area (TPSA) is 54.5 Å². The van der Waals surface area contributed by atoms with Crippen LogP contribution in [0.3, 0.4) is 0 Å². The fourth-order valence-corrected chi connectivity index (χ4v) is 3.15. The zero-order valence-electron chi connectivity index (χ0n) is 14.7. The Kier molecular flexibility index (Phi) is 5.61. The zero-order valence-corrected chi connectivity index (χ0v) is 15.5. The largest absolute Gasteiger partial charge is 0.490 e. The highest BCUT2D eigenvalue weighted by molar-refractivity contribution is 6.31. The van der Waals surface area contributed by atoms with Crippen LogP contribution in [0.2, 0.25) is 5.02 Å². The van der Waals surface area contributed by atoms with Gasteiger partial charge in [-0.3, -0.25) is 4.79 Å². The summed E-state index contributed by atoms with van der Waals surface area (Å²) < 4.78 is 19.6.